The van der Waals surface area contributed by atoms with E-state index in [0.717, 1.165) is 42.9 Å². The Bertz CT molecular complexity index is 1010. The summed E-state index contributed by atoms with van der Waals surface area (Å²) in [5, 5.41) is 2.98. The van der Waals surface area contributed by atoms with Crippen LogP contribution in [0.25, 0.3) is 11.1 Å². The SMILES string of the molecule is CC(C(=O)Nc1ccc2c(c1)OCO2)N1CCC(c2nc3ccccc3o2)CC1. The molecule has 7 nitrogen and oxygen atoms in total. The first-order chi connectivity index (χ1) is 14.2. The molecular formula is C22H23N3O4. The lowest BCUT2D eigenvalue weighted by molar-refractivity contribution is -0.121. The highest BCUT2D eigenvalue weighted by molar-refractivity contribution is 5.94. The quantitative estimate of drug-likeness (QED) is 0.727. The minimum atomic E-state index is -0.218. The molecule has 0 radical (unpaired) electrons. The highest BCUT2D eigenvalue weighted by Gasteiger charge is 2.29. The Morgan fingerprint density at radius 2 is 1.93 bits per heavy atom. The van der Waals surface area contributed by atoms with Gasteiger partial charge < -0.3 is 19.2 Å². The first-order valence-corrected chi connectivity index (χ1v) is 9.97. The second-order valence-corrected chi connectivity index (χ2v) is 7.56. The van der Waals surface area contributed by atoms with Crippen molar-refractivity contribution in [1.82, 2.24) is 9.88 Å². The summed E-state index contributed by atoms with van der Waals surface area (Å²) in [4.78, 5) is 19.6. The molecule has 0 saturated carbocycles. The van der Waals surface area contributed by atoms with E-state index in [2.05, 4.69) is 15.2 Å². The summed E-state index contributed by atoms with van der Waals surface area (Å²) in [7, 11) is 0. The molecule has 1 amide bonds. The molecule has 2 aliphatic heterocycles. The number of oxazole rings is 1. The van der Waals surface area contributed by atoms with Crippen molar-refractivity contribution in [2.75, 3.05) is 25.2 Å². The smallest absolute Gasteiger partial charge is 0.241 e. The van der Waals surface area contributed by atoms with Crippen LogP contribution in [0, 0.1) is 0 Å². The van der Waals surface area contributed by atoms with Gasteiger partial charge in [-0.05, 0) is 57.1 Å². The molecule has 7 heteroatoms. The lowest BCUT2D eigenvalue weighted by atomic mass is 9.95. The molecule has 2 aromatic carbocycles. The van der Waals surface area contributed by atoms with E-state index in [1.54, 1.807) is 6.07 Å². The number of carbonyl (C=O) groups excluding carboxylic acids is 1. The lowest BCUT2D eigenvalue weighted by Gasteiger charge is -2.34. The largest absolute Gasteiger partial charge is 0.454 e. The first-order valence-electron chi connectivity index (χ1n) is 9.97. The average Bonchev–Trinajstić information content (AvgIpc) is 3.39. The van der Waals surface area contributed by atoms with Gasteiger partial charge in [-0.15, -0.1) is 0 Å². The Labute approximate surface area is 168 Å². The molecule has 3 heterocycles. The summed E-state index contributed by atoms with van der Waals surface area (Å²) >= 11 is 0. The third-order valence-corrected chi connectivity index (χ3v) is 5.76. The molecule has 1 fully saturated rings. The van der Waals surface area contributed by atoms with Gasteiger partial charge in [-0.1, -0.05) is 12.1 Å². The van der Waals surface area contributed by atoms with E-state index >= 15 is 0 Å². The highest BCUT2D eigenvalue weighted by atomic mass is 16.7. The number of rotatable bonds is 4. The number of anilines is 1. The van der Waals surface area contributed by atoms with Crippen molar-refractivity contribution in [2.24, 2.45) is 0 Å². The summed E-state index contributed by atoms with van der Waals surface area (Å²) in [5.74, 6) is 2.45. The standard InChI is InChI=1S/C22H23N3O4/c1-14(21(26)23-16-6-7-19-20(12-16)28-13-27-19)25-10-8-15(9-11-25)22-24-17-4-2-3-5-18(17)29-22/h2-7,12,14-15H,8-11,13H2,1H3,(H,23,26). The Morgan fingerprint density at radius 1 is 1.14 bits per heavy atom. The van der Waals surface area contributed by atoms with Crippen molar-refractivity contribution in [3.8, 4) is 11.5 Å². The first kappa shape index (κ1) is 18.0. The van der Waals surface area contributed by atoms with Crippen molar-refractivity contribution in [1.29, 1.82) is 0 Å². The average molecular weight is 393 g/mol. The number of carbonyl (C=O) groups is 1. The molecule has 1 unspecified atom stereocenters. The fourth-order valence-corrected chi connectivity index (χ4v) is 3.99. The van der Waals surface area contributed by atoms with Crippen LogP contribution < -0.4 is 14.8 Å². The van der Waals surface area contributed by atoms with Gasteiger partial charge in [0.05, 0.1) is 6.04 Å². The zero-order valence-electron chi connectivity index (χ0n) is 16.3. The number of aromatic nitrogens is 1. The number of hydrogen-bond donors (Lipinski definition) is 1. The molecule has 0 bridgehead atoms. The van der Waals surface area contributed by atoms with E-state index in [0.29, 0.717) is 23.1 Å². The third-order valence-electron chi connectivity index (χ3n) is 5.76. The summed E-state index contributed by atoms with van der Waals surface area (Å²) in [5.41, 5.74) is 2.45. The van der Waals surface area contributed by atoms with Gasteiger partial charge in [-0.3, -0.25) is 9.69 Å². The maximum atomic E-state index is 12.7. The van der Waals surface area contributed by atoms with Crippen molar-refractivity contribution < 1.29 is 18.7 Å². The molecular weight excluding hydrogens is 370 g/mol. The highest BCUT2D eigenvalue weighted by Crippen LogP contribution is 2.34. The Morgan fingerprint density at radius 3 is 2.76 bits per heavy atom. The van der Waals surface area contributed by atoms with Crippen molar-refractivity contribution in [3.63, 3.8) is 0 Å². The number of nitrogens with zero attached hydrogens (tertiary/aromatic N) is 2. The third kappa shape index (κ3) is 3.53. The van der Waals surface area contributed by atoms with Gasteiger partial charge >= 0.3 is 0 Å². The van der Waals surface area contributed by atoms with E-state index in [9.17, 15) is 4.79 Å². The van der Waals surface area contributed by atoms with E-state index in [1.165, 1.54) is 0 Å². The second kappa shape index (κ2) is 7.40. The van der Waals surface area contributed by atoms with Crippen LogP contribution in [-0.4, -0.2) is 41.7 Å². The van der Waals surface area contributed by atoms with Gasteiger partial charge in [0.2, 0.25) is 12.7 Å². The summed E-state index contributed by atoms with van der Waals surface area (Å²) in [6.07, 6.45) is 1.85. The lowest BCUT2D eigenvalue weighted by Crippen LogP contribution is -2.45. The summed E-state index contributed by atoms with van der Waals surface area (Å²) in [6, 6.07) is 13.1. The monoisotopic (exact) mass is 393 g/mol. The molecule has 29 heavy (non-hydrogen) atoms. The molecule has 3 aromatic rings. The zero-order chi connectivity index (χ0) is 19.8. The van der Waals surface area contributed by atoms with Gasteiger partial charge in [0.15, 0.2) is 23.0 Å². The van der Waals surface area contributed by atoms with Gasteiger partial charge in [-0.25, -0.2) is 4.98 Å². The molecule has 1 saturated heterocycles. The topological polar surface area (TPSA) is 76.8 Å². The predicted molar refractivity (Wildman–Crippen MR) is 108 cm³/mol. The van der Waals surface area contributed by atoms with Crippen LogP contribution in [0.3, 0.4) is 0 Å². The second-order valence-electron chi connectivity index (χ2n) is 7.56. The van der Waals surface area contributed by atoms with E-state index in [4.69, 9.17) is 13.9 Å². The van der Waals surface area contributed by atoms with E-state index in [1.807, 2.05) is 43.3 Å². The minimum absolute atomic E-state index is 0.0239. The van der Waals surface area contributed by atoms with Crippen LogP contribution in [0.15, 0.2) is 46.9 Å². The molecule has 1 aromatic heterocycles. The maximum Gasteiger partial charge on any atom is 0.241 e. The minimum Gasteiger partial charge on any atom is -0.454 e. The molecule has 0 aliphatic carbocycles. The molecule has 5 rings (SSSR count). The fourth-order valence-electron chi connectivity index (χ4n) is 3.99. The van der Waals surface area contributed by atoms with Gasteiger partial charge in [0, 0.05) is 17.7 Å². The number of piperidine rings is 1. The number of para-hydroxylation sites is 2. The fraction of sp³-hybridized carbons (Fsp3) is 0.364. The van der Waals surface area contributed by atoms with Crippen molar-refractivity contribution >= 4 is 22.7 Å². The Kier molecular flexibility index (Phi) is 4.60. The van der Waals surface area contributed by atoms with Crippen LogP contribution >= 0.6 is 0 Å². The normalized spacial score (nSPS) is 18.1. The van der Waals surface area contributed by atoms with Crippen molar-refractivity contribution in [2.45, 2.75) is 31.7 Å². The number of fused-ring (bicyclic) bond motifs is 2. The molecule has 0 spiro atoms. The van der Waals surface area contributed by atoms with Crippen LogP contribution in [0.5, 0.6) is 11.5 Å². The van der Waals surface area contributed by atoms with Crippen LogP contribution in [0.4, 0.5) is 5.69 Å². The summed E-state index contributed by atoms with van der Waals surface area (Å²) < 4.78 is 16.6. The molecule has 150 valence electrons. The number of hydrogen-bond acceptors (Lipinski definition) is 6. The maximum absolute atomic E-state index is 12.7. The van der Waals surface area contributed by atoms with Gasteiger partial charge in [-0.2, -0.15) is 0 Å². The molecule has 1 atom stereocenters. The van der Waals surface area contributed by atoms with Gasteiger partial charge in [0.1, 0.15) is 5.52 Å². The number of amides is 1. The molecule has 2 aliphatic rings. The van der Waals surface area contributed by atoms with Gasteiger partial charge in [0.25, 0.3) is 0 Å². The molecule has 1 N–H and O–H groups in total. The van der Waals surface area contributed by atoms with E-state index in [-0.39, 0.29) is 18.7 Å². The van der Waals surface area contributed by atoms with Crippen molar-refractivity contribution in [3.05, 3.63) is 48.4 Å². The Hall–Kier alpha value is -3.06. The predicted octanol–water partition coefficient (Wildman–Crippen LogP) is 3.76. The number of benzene rings is 2. The zero-order valence-corrected chi connectivity index (χ0v) is 16.3. The van der Waals surface area contributed by atoms with E-state index < -0.39 is 0 Å². The number of ether oxygens (including phenoxy) is 2. The number of likely N-dealkylation sites (tertiary alicyclic amines) is 1. The van der Waals surface area contributed by atoms with Crippen LogP contribution in [0.2, 0.25) is 0 Å². The summed E-state index contributed by atoms with van der Waals surface area (Å²) in [6.45, 7) is 3.83. The van der Waals surface area contributed by atoms with Crippen LogP contribution in [-0.2, 0) is 4.79 Å². The number of nitrogens with one attached hydrogen (secondary N) is 1. The van der Waals surface area contributed by atoms with Crippen LogP contribution in [0.1, 0.15) is 31.6 Å². The Balaban J connectivity index is 1.19.